The summed E-state index contributed by atoms with van der Waals surface area (Å²) in [4.78, 5) is 24.5. The van der Waals surface area contributed by atoms with Crippen molar-refractivity contribution < 1.29 is 22.5 Å². The Morgan fingerprint density at radius 2 is 1.62 bits per heavy atom. The first-order valence-electron chi connectivity index (χ1n) is 12.6. The molecule has 3 N–H and O–H groups in total. The fraction of sp³-hybridized carbons (Fsp3) is 0.321. The zero-order chi connectivity index (χ0) is 28.5. The van der Waals surface area contributed by atoms with E-state index in [9.17, 15) is 13.2 Å². The highest BCUT2D eigenvalue weighted by Gasteiger charge is 2.54. The van der Waals surface area contributed by atoms with Crippen molar-refractivity contribution in [2.24, 2.45) is 5.73 Å². The number of amides is 1. The van der Waals surface area contributed by atoms with Gasteiger partial charge in [0.1, 0.15) is 11.1 Å². The Bertz CT molecular complexity index is 1750. The average Bonchev–Trinajstić information content (AvgIpc) is 3.36. The molecule has 2 aromatic carbocycles. The van der Waals surface area contributed by atoms with Crippen LogP contribution in [0.25, 0.3) is 22.3 Å². The van der Waals surface area contributed by atoms with Crippen LogP contribution in [-0.2, 0) is 19.1 Å². The number of nitrogens with two attached hydrogens (primary N) is 1. The van der Waals surface area contributed by atoms with Crippen molar-refractivity contribution in [1.82, 2.24) is 15.0 Å². The van der Waals surface area contributed by atoms with E-state index < -0.39 is 34.1 Å². The molecule has 202 valence electrons. The lowest BCUT2D eigenvalue weighted by atomic mass is 9.85. The molecule has 1 fully saturated rings. The van der Waals surface area contributed by atoms with E-state index in [1.807, 2.05) is 54.5 Å². The lowest BCUT2D eigenvalue weighted by Gasteiger charge is -2.32. The van der Waals surface area contributed by atoms with Gasteiger partial charge in [0.2, 0.25) is 15.7 Å². The van der Waals surface area contributed by atoms with E-state index in [1.165, 1.54) is 6.07 Å². The highest BCUT2D eigenvalue weighted by Crippen LogP contribution is 2.38. The molecule has 0 saturated carbocycles. The van der Waals surface area contributed by atoms with Crippen LogP contribution in [0.15, 0.2) is 52.5 Å². The Kier molecular flexibility index (Phi) is 6.25. The number of carbonyl (C=O) groups excluding carboxylic acids is 1. The van der Waals surface area contributed by atoms with Gasteiger partial charge in [0.25, 0.3) is 0 Å². The number of primary amides is 1. The fourth-order valence-electron chi connectivity index (χ4n) is 4.72. The molecule has 1 saturated heterocycles. The minimum absolute atomic E-state index is 0.0756. The van der Waals surface area contributed by atoms with Crippen LogP contribution in [-0.4, -0.2) is 47.6 Å². The average molecular weight is 546 g/mol. The highest BCUT2D eigenvalue weighted by molar-refractivity contribution is 7.91. The second-order valence-corrected chi connectivity index (χ2v) is 12.9. The number of hydrogen-bond donors (Lipinski definition) is 2. The maximum Gasteiger partial charge on any atom is 0.517 e. The minimum atomic E-state index is -4.09. The molecule has 1 aliphatic rings. The number of sulfone groups is 1. The predicted octanol–water partition coefficient (Wildman–Crippen LogP) is 3.78. The van der Waals surface area contributed by atoms with Crippen molar-refractivity contribution in [3.05, 3.63) is 64.8 Å². The monoisotopic (exact) mass is 546 g/mol. The summed E-state index contributed by atoms with van der Waals surface area (Å²) in [6.07, 6.45) is 1.73. The molecular weight excluding hydrogens is 515 g/mol. The van der Waals surface area contributed by atoms with Crippen LogP contribution in [0.1, 0.15) is 54.7 Å². The van der Waals surface area contributed by atoms with Crippen LogP contribution in [0.5, 0.6) is 0 Å². The van der Waals surface area contributed by atoms with Gasteiger partial charge in [0, 0.05) is 17.3 Å². The maximum absolute atomic E-state index is 13.9. The number of carbonyl (C=O) groups is 1. The molecule has 0 spiro atoms. The molecule has 0 atom stereocenters. The molecule has 5 rings (SSSR count). The molecule has 4 aromatic rings. The first-order chi connectivity index (χ1) is 18.1. The lowest BCUT2D eigenvalue weighted by Crippen LogP contribution is -2.41. The minimum Gasteiger partial charge on any atom is -0.398 e. The SMILES string of the molecule is Cc1cccc(S(=O)(=O)c2nc3[nH]cc(-c4ccc(C(N)=O)c(C)c4C)c3nc2B2OC(C)(C)C(C)(C)O2)c1. The van der Waals surface area contributed by atoms with Crippen LogP contribution in [0.3, 0.4) is 0 Å². The van der Waals surface area contributed by atoms with Gasteiger partial charge in [-0.25, -0.2) is 18.4 Å². The molecule has 0 radical (unpaired) electrons. The van der Waals surface area contributed by atoms with Crippen molar-refractivity contribution in [2.75, 3.05) is 0 Å². The summed E-state index contributed by atoms with van der Waals surface area (Å²) in [5, 5.41) is -0.232. The third-order valence-corrected chi connectivity index (χ3v) is 9.56. The smallest absolute Gasteiger partial charge is 0.398 e. The van der Waals surface area contributed by atoms with Crippen LogP contribution in [0, 0.1) is 20.8 Å². The van der Waals surface area contributed by atoms with Crippen molar-refractivity contribution in [1.29, 1.82) is 0 Å². The fourth-order valence-corrected chi connectivity index (χ4v) is 6.17. The van der Waals surface area contributed by atoms with Gasteiger partial charge >= 0.3 is 7.12 Å². The standard InChI is InChI=1S/C28H31BN4O5S/c1-15-9-8-10-18(13-15)39(35,36)26-23(29-37-27(4,5)28(6,7)38-29)32-22-21(14-31-25(22)33-26)19-11-12-20(24(30)34)17(3)16(19)2/h8-14H,1-7H3,(H2,30,34)(H,31,33). The molecule has 0 unspecified atom stereocenters. The van der Waals surface area contributed by atoms with Crippen molar-refractivity contribution >= 4 is 39.6 Å². The van der Waals surface area contributed by atoms with Gasteiger partial charge in [-0.2, -0.15) is 0 Å². The number of nitrogens with zero attached hydrogens (tertiary/aromatic N) is 2. The van der Waals surface area contributed by atoms with Crippen LogP contribution < -0.4 is 11.3 Å². The van der Waals surface area contributed by atoms with Crippen molar-refractivity contribution in [3.8, 4) is 11.1 Å². The molecule has 9 nitrogen and oxygen atoms in total. The predicted molar refractivity (Wildman–Crippen MR) is 150 cm³/mol. The first-order valence-corrected chi connectivity index (χ1v) is 14.1. The summed E-state index contributed by atoms with van der Waals surface area (Å²) in [5.41, 5.74) is 9.28. The third-order valence-electron chi connectivity index (χ3n) is 7.87. The Morgan fingerprint density at radius 1 is 0.949 bits per heavy atom. The second-order valence-electron chi connectivity index (χ2n) is 11.0. The van der Waals surface area contributed by atoms with Gasteiger partial charge in [-0.05, 0) is 88.9 Å². The molecule has 0 aliphatic carbocycles. The van der Waals surface area contributed by atoms with E-state index in [4.69, 9.17) is 20.0 Å². The number of fused-ring (bicyclic) bond motifs is 1. The number of rotatable bonds is 5. The topological polar surface area (TPSA) is 137 Å². The summed E-state index contributed by atoms with van der Waals surface area (Å²) >= 11 is 0. The lowest BCUT2D eigenvalue weighted by molar-refractivity contribution is 0.00578. The Morgan fingerprint density at radius 3 is 2.23 bits per heavy atom. The normalized spacial score (nSPS) is 16.6. The number of H-pyrrole nitrogens is 1. The zero-order valence-corrected chi connectivity index (χ0v) is 23.9. The Labute approximate surface area is 228 Å². The van der Waals surface area contributed by atoms with E-state index >= 15 is 0 Å². The van der Waals surface area contributed by atoms with Gasteiger partial charge in [0.15, 0.2) is 10.7 Å². The molecule has 3 heterocycles. The number of nitrogens with one attached hydrogen (secondary N) is 1. The number of aryl methyl sites for hydroxylation is 1. The molecule has 1 amide bonds. The summed E-state index contributed by atoms with van der Waals surface area (Å²) in [5.74, 6) is -0.505. The van der Waals surface area contributed by atoms with Crippen molar-refractivity contribution in [2.45, 2.75) is 69.6 Å². The number of aromatic amines is 1. The molecule has 1 aliphatic heterocycles. The quantitative estimate of drug-likeness (QED) is 0.364. The van der Waals surface area contributed by atoms with Crippen LogP contribution in [0.2, 0.25) is 0 Å². The zero-order valence-electron chi connectivity index (χ0n) is 23.0. The molecule has 0 bridgehead atoms. The Balaban J connectivity index is 1.76. The van der Waals surface area contributed by atoms with E-state index in [-0.39, 0.29) is 15.5 Å². The second kappa shape index (κ2) is 9.01. The summed E-state index contributed by atoms with van der Waals surface area (Å²) in [6, 6.07) is 10.1. The summed E-state index contributed by atoms with van der Waals surface area (Å²) < 4.78 is 40.4. The van der Waals surface area contributed by atoms with Gasteiger partial charge in [0.05, 0.1) is 16.1 Å². The van der Waals surface area contributed by atoms with E-state index in [2.05, 4.69) is 9.97 Å². The van der Waals surface area contributed by atoms with Crippen molar-refractivity contribution in [3.63, 3.8) is 0 Å². The Hall–Kier alpha value is -3.54. The van der Waals surface area contributed by atoms with E-state index in [0.29, 0.717) is 22.3 Å². The van der Waals surface area contributed by atoms with Gasteiger partial charge in [-0.15, -0.1) is 0 Å². The largest absolute Gasteiger partial charge is 0.517 e. The van der Waals surface area contributed by atoms with Gasteiger partial charge in [-0.1, -0.05) is 18.2 Å². The molecular formula is C28H31BN4O5S. The summed E-state index contributed by atoms with van der Waals surface area (Å²) in [7, 11) is -5.15. The summed E-state index contributed by atoms with van der Waals surface area (Å²) in [6.45, 7) is 13.1. The molecule has 11 heteroatoms. The third kappa shape index (κ3) is 4.34. The van der Waals surface area contributed by atoms with Gasteiger partial charge in [-0.3, -0.25) is 4.79 Å². The number of hydrogen-bond acceptors (Lipinski definition) is 7. The number of aromatic nitrogens is 3. The molecule has 39 heavy (non-hydrogen) atoms. The van der Waals surface area contributed by atoms with Crippen LogP contribution >= 0.6 is 0 Å². The highest BCUT2D eigenvalue weighted by atomic mass is 32.2. The maximum atomic E-state index is 13.9. The number of benzene rings is 2. The first kappa shape index (κ1) is 27.0. The van der Waals surface area contributed by atoms with Gasteiger partial charge < -0.3 is 20.0 Å². The van der Waals surface area contributed by atoms with E-state index in [1.54, 1.807) is 30.5 Å². The van der Waals surface area contributed by atoms with E-state index in [0.717, 1.165) is 22.3 Å². The van der Waals surface area contributed by atoms with Crippen LogP contribution in [0.4, 0.5) is 0 Å². The molecule has 2 aromatic heterocycles.